The van der Waals surface area contributed by atoms with Gasteiger partial charge in [-0.2, -0.15) is 0 Å². The van der Waals surface area contributed by atoms with Gasteiger partial charge in [0.15, 0.2) is 12.4 Å². The van der Waals surface area contributed by atoms with E-state index in [-0.39, 0.29) is 23.0 Å². The molecule has 2 aromatic carbocycles. The van der Waals surface area contributed by atoms with Crippen molar-refractivity contribution in [2.75, 3.05) is 6.61 Å². The molecule has 0 aliphatic heterocycles. The summed E-state index contributed by atoms with van der Waals surface area (Å²) >= 11 is 0. The van der Waals surface area contributed by atoms with E-state index in [2.05, 4.69) is 10.6 Å². The minimum Gasteiger partial charge on any atom is -0.484 e. The van der Waals surface area contributed by atoms with E-state index in [9.17, 15) is 13.2 Å². The van der Waals surface area contributed by atoms with Crippen LogP contribution in [0.5, 0.6) is 5.75 Å². The quantitative estimate of drug-likeness (QED) is 0.588. The first-order chi connectivity index (χ1) is 13.4. The van der Waals surface area contributed by atoms with Gasteiger partial charge in [-0.3, -0.25) is 10.2 Å². The Morgan fingerprint density at radius 1 is 1.04 bits per heavy atom. The molecule has 0 bridgehead atoms. The monoisotopic (exact) mass is 401 g/mol. The molecular weight excluding hydrogens is 382 g/mol. The number of aromatic nitrogens is 1. The summed E-state index contributed by atoms with van der Waals surface area (Å²) in [6, 6.07) is 17.1. The number of hydrogen-bond acceptors (Lipinski definition) is 6. The van der Waals surface area contributed by atoms with Gasteiger partial charge in [0, 0.05) is 0 Å². The molecule has 0 radical (unpaired) electrons. The van der Waals surface area contributed by atoms with E-state index in [1.54, 1.807) is 12.1 Å². The van der Waals surface area contributed by atoms with E-state index in [1.807, 2.05) is 47.3 Å². The molecular formula is C19H19N3O5S. The molecule has 1 amide bonds. The van der Waals surface area contributed by atoms with Crippen molar-refractivity contribution in [3.8, 4) is 16.9 Å². The first-order valence-corrected chi connectivity index (χ1v) is 9.87. The average molecular weight is 401 g/mol. The Hall–Kier alpha value is -3.17. The minimum atomic E-state index is -3.99. The molecule has 1 aromatic heterocycles. The summed E-state index contributed by atoms with van der Waals surface area (Å²) in [4.78, 5) is 13.8. The highest BCUT2D eigenvalue weighted by Gasteiger charge is 2.24. The van der Waals surface area contributed by atoms with E-state index in [1.165, 1.54) is 13.8 Å². The smallest absolute Gasteiger partial charge is 0.272 e. The SMILES string of the molecule is Cc1noc(C)c1S(=O)(=O)NNC(=O)COc1ccc(-c2ccccc2)cc1. The lowest BCUT2D eigenvalue weighted by atomic mass is 10.1. The zero-order valence-corrected chi connectivity index (χ0v) is 16.1. The third-order valence-electron chi connectivity index (χ3n) is 3.89. The van der Waals surface area contributed by atoms with Crippen LogP contribution in [0.4, 0.5) is 0 Å². The van der Waals surface area contributed by atoms with Crippen LogP contribution in [-0.2, 0) is 14.8 Å². The van der Waals surface area contributed by atoms with E-state index >= 15 is 0 Å². The van der Waals surface area contributed by atoms with Gasteiger partial charge in [-0.15, -0.1) is 4.83 Å². The largest absolute Gasteiger partial charge is 0.484 e. The number of ether oxygens (including phenoxy) is 1. The number of hydrazine groups is 1. The molecule has 0 aliphatic carbocycles. The van der Waals surface area contributed by atoms with Crippen LogP contribution in [0.1, 0.15) is 11.5 Å². The van der Waals surface area contributed by atoms with Crippen LogP contribution in [0.15, 0.2) is 64.0 Å². The summed E-state index contributed by atoms with van der Waals surface area (Å²) < 4.78 is 34.7. The molecule has 3 rings (SSSR count). The van der Waals surface area contributed by atoms with E-state index in [4.69, 9.17) is 9.26 Å². The number of carbonyl (C=O) groups excluding carboxylic acids is 1. The molecule has 0 fully saturated rings. The normalized spacial score (nSPS) is 11.2. The standard InChI is InChI=1S/C19H19N3O5S/c1-13-19(14(2)27-21-13)28(24,25)22-20-18(23)12-26-17-10-8-16(9-11-17)15-6-4-3-5-7-15/h3-11,22H,12H2,1-2H3,(H,20,23). The van der Waals surface area contributed by atoms with Crippen LogP contribution in [0.25, 0.3) is 11.1 Å². The van der Waals surface area contributed by atoms with Crippen molar-refractivity contribution >= 4 is 15.9 Å². The van der Waals surface area contributed by atoms with Crippen molar-refractivity contribution in [2.45, 2.75) is 18.7 Å². The summed E-state index contributed by atoms with van der Waals surface area (Å²) in [6.45, 7) is 2.61. The topological polar surface area (TPSA) is 111 Å². The molecule has 0 aliphatic rings. The molecule has 28 heavy (non-hydrogen) atoms. The Balaban J connectivity index is 1.53. The molecule has 0 unspecified atom stereocenters. The number of rotatable bonds is 7. The van der Waals surface area contributed by atoms with Crippen molar-refractivity contribution in [3.05, 3.63) is 66.1 Å². The molecule has 0 spiro atoms. The number of benzene rings is 2. The fourth-order valence-corrected chi connectivity index (χ4v) is 3.78. The number of amides is 1. The van der Waals surface area contributed by atoms with Gasteiger partial charge in [-0.25, -0.2) is 8.42 Å². The number of nitrogens with one attached hydrogen (secondary N) is 2. The van der Waals surface area contributed by atoms with Crippen LogP contribution in [0.2, 0.25) is 0 Å². The maximum Gasteiger partial charge on any atom is 0.272 e. The average Bonchev–Trinajstić information content (AvgIpc) is 3.05. The first-order valence-electron chi connectivity index (χ1n) is 8.38. The molecule has 0 saturated heterocycles. The van der Waals surface area contributed by atoms with E-state index in [0.717, 1.165) is 11.1 Å². The van der Waals surface area contributed by atoms with Gasteiger partial charge in [0.1, 0.15) is 16.3 Å². The van der Waals surface area contributed by atoms with Crippen molar-refractivity contribution in [2.24, 2.45) is 0 Å². The van der Waals surface area contributed by atoms with Crippen LogP contribution >= 0.6 is 0 Å². The summed E-state index contributed by atoms with van der Waals surface area (Å²) in [6.07, 6.45) is 0. The van der Waals surface area contributed by atoms with Crippen LogP contribution < -0.4 is 15.0 Å². The fraction of sp³-hybridized carbons (Fsp3) is 0.158. The predicted molar refractivity (Wildman–Crippen MR) is 102 cm³/mol. The van der Waals surface area contributed by atoms with Gasteiger partial charge < -0.3 is 9.26 Å². The maximum absolute atomic E-state index is 12.2. The second kappa shape index (κ2) is 8.24. The number of sulfonamides is 1. The second-order valence-electron chi connectivity index (χ2n) is 5.99. The lowest BCUT2D eigenvalue weighted by Crippen LogP contribution is -2.44. The lowest BCUT2D eigenvalue weighted by molar-refractivity contribution is -0.123. The molecule has 2 N–H and O–H groups in total. The highest BCUT2D eigenvalue weighted by molar-refractivity contribution is 7.89. The molecule has 146 valence electrons. The third-order valence-corrected chi connectivity index (χ3v) is 5.38. The summed E-state index contributed by atoms with van der Waals surface area (Å²) in [5.74, 6) is -0.0279. The zero-order valence-electron chi connectivity index (χ0n) is 15.3. The van der Waals surface area contributed by atoms with Crippen molar-refractivity contribution in [1.29, 1.82) is 0 Å². The van der Waals surface area contributed by atoms with Crippen molar-refractivity contribution in [3.63, 3.8) is 0 Å². The molecule has 9 heteroatoms. The van der Waals surface area contributed by atoms with Crippen molar-refractivity contribution in [1.82, 2.24) is 15.4 Å². The summed E-state index contributed by atoms with van der Waals surface area (Å²) in [5.41, 5.74) is 4.39. The van der Waals surface area contributed by atoms with Crippen LogP contribution in [0.3, 0.4) is 0 Å². The minimum absolute atomic E-state index is 0.106. The van der Waals surface area contributed by atoms with E-state index in [0.29, 0.717) is 5.75 Å². The molecule has 3 aromatic rings. The van der Waals surface area contributed by atoms with Crippen molar-refractivity contribution < 1.29 is 22.5 Å². The number of aryl methyl sites for hydroxylation is 2. The Bertz CT molecular complexity index is 1040. The molecule has 0 atom stereocenters. The highest BCUT2D eigenvalue weighted by atomic mass is 32.2. The van der Waals surface area contributed by atoms with Gasteiger partial charge in [0.05, 0.1) is 0 Å². The number of hydrogen-bond donors (Lipinski definition) is 2. The first kappa shape index (κ1) is 19.6. The van der Waals surface area contributed by atoms with Gasteiger partial charge in [-0.05, 0) is 37.1 Å². The van der Waals surface area contributed by atoms with Gasteiger partial charge in [-0.1, -0.05) is 47.6 Å². The molecule has 8 nitrogen and oxygen atoms in total. The van der Waals surface area contributed by atoms with Gasteiger partial charge >= 0.3 is 0 Å². The van der Waals surface area contributed by atoms with Crippen LogP contribution in [-0.4, -0.2) is 26.1 Å². The Labute approximate surface area is 162 Å². The van der Waals surface area contributed by atoms with Gasteiger partial charge in [0.25, 0.3) is 15.9 Å². The predicted octanol–water partition coefficient (Wildman–Crippen LogP) is 2.35. The summed E-state index contributed by atoms with van der Waals surface area (Å²) in [7, 11) is -3.99. The molecule has 0 saturated carbocycles. The Kier molecular flexibility index (Phi) is 5.76. The Morgan fingerprint density at radius 3 is 2.29 bits per heavy atom. The summed E-state index contributed by atoms with van der Waals surface area (Å²) in [5, 5.41) is 3.58. The van der Waals surface area contributed by atoms with Gasteiger partial charge in [0.2, 0.25) is 0 Å². The second-order valence-corrected chi connectivity index (χ2v) is 7.61. The molecule has 1 heterocycles. The Morgan fingerprint density at radius 2 is 1.68 bits per heavy atom. The number of nitrogens with zero attached hydrogens (tertiary/aromatic N) is 1. The third kappa shape index (κ3) is 4.56. The van der Waals surface area contributed by atoms with E-state index < -0.39 is 15.9 Å². The zero-order chi connectivity index (χ0) is 20.1. The fourth-order valence-electron chi connectivity index (χ4n) is 2.59. The maximum atomic E-state index is 12.2. The van der Waals surface area contributed by atoms with Crippen LogP contribution in [0, 0.1) is 13.8 Å². The number of carbonyl (C=O) groups is 1. The lowest BCUT2D eigenvalue weighted by Gasteiger charge is -2.10. The highest BCUT2D eigenvalue weighted by Crippen LogP contribution is 2.22.